The molecule has 6 heteroatoms. The SMILES string of the molecule is CCOc1cc(N2CCOCC2CNC)ncn1. The molecule has 1 aliphatic heterocycles. The zero-order valence-electron chi connectivity index (χ0n) is 10.9. The van der Waals surface area contributed by atoms with Gasteiger partial charge in [-0.1, -0.05) is 0 Å². The lowest BCUT2D eigenvalue weighted by atomic mass is 10.2. The van der Waals surface area contributed by atoms with Crippen LogP contribution in [0.25, 0.3) is 0 Å². The van der Waals surface area contributed by atoms with Crippen molar-refractivity contribution in [2.75, 3.05) is 44.9 Å². The van der Waals surface area contributed by atoms with Crippen LogP contribution in [-0.4, -0.2) is 56.0 Å². The lowest BCUT2D eigenvalue weighted by Gasteiger charge is -2.36. The molecule has 1 fully saturated rings. The monoisotopic (exact) mass is 252 g/mol. The first-order valence-electron chi connectivity index (χ1n) is 6.29. The van der Waals surface area contributed by atoms with Crippen molar-refractivity contribution in [3.8, 4) is 5.88 Å². The molecule has 0 aromatic carbocycles. The van der Waals surface area contributed by atoms with Gasteiger partial charge >= 0.3 is 0 Å². The van der Waals surface area contributed by atoms with Gasteiger partial charge in [-0.15, -0.1) is 0 Å². The number of likely N-dealkylation sites (N-methyl/N-ethyl adjacent to an activating group) is 1. The van der Waals surface area contributed by atoms with Crippen LogP contribution in [0.2, 0.25) is 0 Å². The van der Waals surface area contributed by atoms with E-state index in [9.17, 15) is 0 Å². The van der Waals surface area contributed by atoms with E-state index >= 15 is 0 Å². The molecule has 2 rings (SSSR count). The van der Waals surface area contributed by atoms with Crippen molar-refractivity contribution < 1.29 is 9.47 Å². The Morgan fingerprint density at radius 3 is 3.22 bits per heavy atom. The number of rotatable bonds is 5. The molecular formula is C12H20N4O2. The van der Waals surface area contributed by atoms with Crippen molar-refractivity contribution in [1.29, 1.82) is 0 Å². The lowest BCUT2D eigenvalue weighted by molar-refractivity contribution is 0.0938. The van der Waals surface area contributed by atoms with Crippen LogP contribution in [-0.2, 0) is 4.74 Å². The number of aromatic nitrogens is 2. The summed E-state index contributed by atoms with van der Waals surface area (Å²) < 4.78 is 10.9. The molecule has 0 radical (unpaired) electrons. The zero-order chi connectivity index (χ0) is 12.8. The Labute approximate surface area is 107 Å². The molecule has 1 unspecified atom stereocenters. The highest BCUT2D eigenvalue weighted by Crippen LogP contribution is 2.20. The summed E-state index contributed by atoms with van der Waals surface area (Å²) in [6.45, 7) is 5.71. The Kier molecular flexibility index (Phi) is 4.72. The molecule has 1 saturated heterocycles. The summed E-state index contributed by atoms with van der Waals surface area (Å²) in [5.74, 6) is 1.52. The molecular weight excluding hydrogens is 232 g/mol. The van der Waals surface area contributed by atoms with E-state index in [0.717, 1.165) is 32.1 Å². The first-order valence-corrected chi connectivity index (χ1v) is 6.29. The maximum Gasteiger partial charge on any atom is 0.218 e. The Morgan fingerprint density at radius 1 is 1.56 bits per heavy atom. The van der Waals surface area contributed by atoms with E-state index < -0.39 is 0 Å². The maximum absolute atomic E-state index is 5.51. The number of anilines is 1. The molecule has 2 heterocycles. The molecule has 1 N–H and O–H groups in total. The summed E-state index contributed by atoms with van der Waals surface area (Å²) in [6.07, 6.45) is 1.55. The average Bonchev–Trinajstić information content (AvgIpc) is 2.40. The number of nitrogens with zero attached hydrogens (tertiary/aromatic N) is 3. The molecule has 0 aliphatic carbocycles. The van der Waals surface area contributed by atoms with E-state index in [0.29, 0.717) is 18.5 Å². The Morgan fingerprint density at radius 2 is 2.44 bits per heavy atom. The van der Waals surface area contributed by atoms with Gasteiger partial charge in [0.2, 0.25) is 5.88 Å². The zero-order valence-corrected chi connectivity index (χ0v) is 10.9. The minimum atomic E-state index is 0.299. The van der Waals surface area contributed by atoms with Gasteiger partial charge in [-0.2, -0.15) is 0 Å². The van der Waals surface area contributed by atoms with E-state index in [4.69, 9.17) is 9.47 Å². The number of nitrogens with one attached hydrogen (secondary N) is 1. The molecule has 1 atom stereocenters. The van der Waals surface area contributed by atoms with Gasteiger partial charge in [0.1, 0.15) is 12.1 Å². The largest absolute Gasteiger partial charge is 0.478 e. The summed E-state index contributed by atoms with van der Waals surface area (Å²) in [5.41, 5.74) is 0. The van der Waals surface area contributed by atoms with Gasteiger partial charge in [-0.25, -0.2) is 9.97 Å². The van der Waals surface area contributed by atoms with Gasteiger partial charge in [0.05, 0.1) is 25.9 Å². The summed E-state index contributed by atoms with van der Waals surface area (Å²) in [5, 5.41) is 3.18. The highest BCUT2D eigenvalue weighted by molar-refractivity contribution is 5.42. The third kappa shape index (κ3) is 3.08. The van der Waals surface area contributed by atoms with E-state index in [-0.39, 0.29) is 0 Å². The van der Waals surface area contributed by atoms with Crippen molar-refractivity contribution in [2.24, 2.45) is 0 Å². The van der Waals surface area contributed by atoms with Gasteiger partial charge in [0.25, 0.3) is 0 Å². The molecule has 100 valence electrons. The standard InChI is InChI=1S/C12H20N4O2/c1-3-18-12-6-11(14-9-15-12)16-4-5-17-8-10(16)7-13-2/h6,9-10,13H,3-5,7-8H2,1-2H3. The van der Waals surface area contributed by atoms with Gasteiger partial charge < -0.3 is 19.7 Å². The normalized spacial score (nSPS) is 19.9. The van der Waals surface area contributed by atoms with Crippen LogP contribution in [0, 0.1) is 0 Å². The molecule has 18 heavy (non-hydrogen) atoms. The molecule has 0 bridgehead atoms. The fraction of sp³-hybridized carbons (Fsp3) is 0.667. The van der Waals surface area contributed by atoms with Gasteiger partial charge in [0.15, 0.2) is 0 Å². The van der Waals surface area contributed by atoms with E-state index in [1.807, 2.05) is 20.0 Å². The molecule has 0 amide bonds. The summed E-state index contributed by atoms with van der Waals surface area (Å²) in [7, 11) is 1.94. The summed E-state index contributed by atoms with van der Waals surface area (Å²) >= 11 is 0. The van der Waals surface area contributed by atoms with Crippen LogP contribution < -0.4 is 15.0 Å². The Balaban J connectivity index is 2.14. The first kappa shape index (κ1) is 13.0. The molecule has 6 nitrogen and oxygen atoms in total. The first-order chi connectivity index (χ1) is 8.85. The fourth-order valence-electron chi connectivity index (χ4n) is 2.07. The second-order valence-electron chi connectivity index (χ2n) is 4.13. The molecule has 1 aliphatic rings. The van der Waals surface area contributed by atoms with Gasteiger partial charge in [-0.3, -0.25) is 0 Å². The van der Waals surface area contributed by atoms with Crippen LogP contribution in [0.15, 0.2) is 12.4 Å². The Hall–Kier alpha value is -1.40. The van der Waals surface area contributed by atoms with E-state index in [2.05, 4.69) is 20.2 Å². The minimum Gasteiger partial charge on any atom is -0.478 e. The van der Waals surface area contributed by atoms with Crippen molar-refractivity contribution in [3.63, 3.8) is 0 Å². The second kappa shape index (κ2) is 6.51. The fourth-order valence-corrected chi connectivity index (χ4v) is 2.07. The third-order valence-corrected chi connectivity index (χ3v) is 2.88. The Bertz CT molecular complexity index is 373. The highest BCUT2D eigenvalue weighted by Gasteiger charge is 2.23. The topological polar surface area (TPSA) is 59.5 Å². The van der Waals surface area contributed by atoms with Crippen LogP contribution in [0.4, 0.5) is 5.82 Å². The maximum atomic E-state index is 5.51. The lowest BCUT2D eigenvalue weighted by Crippen LogP contribution is -2.50. The number of hydrogen-bond acceptors (Lipinski definition) is 6. The van der Waals surface area contributed by atoms with Crippen molar-refractivity contribution in [1.82, 2.24) is 15.3 Å². The van der Waals surface area contributed by atoms with E-state index in [1.54, 1.807) is 6.33 Å². The second-order valence-corrected chi connectivity index (χ2v) is 4.13. The number of morpholine rings is 1. The quantitative estimate of drug-likeness (QED) is 0.813. The molecule has 1 aromatic rings. The van der Waals surface area contributed by atoms with E-state index in [1.165, 1.54) is 0 Å². The van der Waals surface area contributed by atoms with Crippen molar-refractivity contribution >= 4 is 5.82 Å². The third-order valence-electron chi connectivity index (χ3n) is 2.88. The number of hydrogen-bond donors (Lipinski definition) is 1. The predicted molar refractivity (Wildman–Crippen MR) is 69.1 cm³/mol. The minimum absolute atomic E-state index is 0.299. The number of ether oxygens (including phenoxy) is 2. The van der Waals surface area contributed by atoms with Gasteiger partial charge in [-0.05, 0) is 14.0 Å². The highest BCUT2D eigenvalue weighted by atomic mass is 16.5. The predicted octanol–water partition coefficient (Wildman–Crippen LogP) is 0.300. The molecule has 0 spiro atoms. The summed E-state index contributed by atoms with van der Waals surface area (Å²) in [4.78, 5) is 10.7. The van der Waals surface area contributed by atoms with Crippen molar-refractivity contribution in [2.45, 2.75) is 13.0 Å². The van der Waals surface area contributed by atoms with Crippen LogP contribution >= 0.6 is 0 Å². The molecule has 0 saturated carbocycles. The van der Waals surface area contributed by atoms with Crippen molar-refractivity contribution in [3.05, 3.63) is 12.4 Å². The average molecular weight is 252 g/mol. The van der Waals surface area contributed by atoms with Gasteiger partial charge in [0, 0.05) is 19.2 Å². The smallest absolute Gasteiger partial charge is 0.218 e. The summed E-state index contributed by atoms with van der Waals surface area (Å²) in [6, 6.07) is 2.19. The molecule has 1 aromatic heterocycles. The van der Waals surface area contributed by atoms with Crippen LogP contribution in [0.1, 0.15) is 6.92 Å². The van der Waals surface area contributed by atoms with Crippen LogP contribution in [0.3, 0.4) is 0 Å². The van der Waals surface area contributed by atoms with Crippen LogP contribution in [0.5, 0.6) is 5.88 Å².